The average molecular weight is 363 g/mol. The highest BCUT2D eigenvalue weighted by Gasteiger charge is 2.35. The zero-order valence-corrected chi connectivity index (χ0v) is 14.7. The zero-order chi connectivity index (χ0) is 17.3. The molecule has 0 bridgehead atoms. The number of hydrogen-bond donors (Lipinski definition) is 1. The van der Waals surface area contributed by atoms with Gasteiger partial charge in [0.25, 0.3) is 5.91 Å². The molecule has 1 saturated heterocycles. The van der Waals surface area contributed by atoms with E-state index in [1.807, 2.05) is 25.2 Å². The van der Waals surface area contributed by atoms with E-state index in [1.165, 1.54) is 16.7 Å². The van der Waals surface area contributed by atoms with Gasteiger partial charge in [-0.15, -0.1) is 0 Å². The molecule has 0 aromatic rings. The van der Waals surface area contributed by atoms with Crippen molar-refractivity contribution in [2.24, 2.45) is 5.92 Å². The Morgan fingerprint density at radius 3 is 2.92 bits per heavy atom. The number of nitrogens with zero attached hydrogens (tertiary/aromatic N) is 1. The van der Waals surface area contributed by atoms with Crippen LogP contribution in [0, 0.1) is 5.92 Å². The molecule has 3 rings (SSSR count). The number of thioether (sulfide) groups is 1. The van der Waals surface area contributed by atoms with Crippen molar-refractivity contribution in [3.05, 3.63) is 46.6 Å². The summed E-state index contributed by atoms with van der Waals surface area (Å²) in [5, 5.41) is 8.71. The van der Waals surface area contributed by atoms with Gasteiger partial charge in [0.05, 0.1) is 4.91 Å². The molecular weight excluding hydrogens is 346 g/mol. The van der Waals surface area contributed by atoms with E-state index < -0.39 is 5.97 Å². The summed E-state index contributed by atoms with van der Waals surface area (Å²) in [6, 6.07) is 0. The number of allylic oxidation sites excluding steroid dienone is 3. The highest BCUT2D eigenvalue weighted by atomic mass is 32.2. The van der Waals surface area contributed by atoms with Crippen LogP contribution in [0.5, 0.6) is 0 Å². The largest absolute Gasteiger partial charge is 0.485 e. The third-order valence-corrected chi connectivity index (χ3v) is 5.52. The molecule has 2 atom stereocenters. The summed E-state index contributed by atoms with van der Waals surface area (Å²) >= 11 is 6.48. The van der Waals surface area contributed by atoms with Crippen molar-refractivity contribution < 1.29 is 19.4 Å². The zero-order valence-electron chi connectivity index (χ0n) is 13.1. The van der Waals surface area contributed by atoms with Gasteiger partial charge in [0, 0.05) is 18.9 Å². The molecule has 5 nitrogen and oxygen atoms in total. The molecule has 2 unspecified atom stereocenters. The summed E-state index contributed by atoms with van der Waals surface area (Å²) in [5.74, 6) is -0.130. The van der Waals surface area contributed by atoms with Crippen LogP contribution >= 0.6 is 24.0 Å². The first-order chi connectivity index (χ1) is 11.5. The number of aliphatic carboxylic acids is 1. The van der Waals surface area contributed by atoms with E-state index in [9.17, 15) is 9.59 Å². The summed E-state index contributed by atoms with van der Waals surface area (Å²) in [5.41, 5.74) is 1.09. The molecule has 1 N–H and O–H groups in total. The summed E-state index contributed by atoms with van der Waals surface area (Å²) in [4.78, 5) is 25.1. The van der Waals surface area contributed by atoms with E-state index >= 15 is 0 Å². The number of amides is 1. The molecule has 0 aromatic heterocycles. The number of carbonyl (C=O) groups is 2. The Hall–Kier alpha value is -1.86. The van der Waals surface area contributed by atoms with Crippen molar-refractivity contribution in [1.29, 1.82) is 0 Å². The van der Waals surface area contributed by atoms with Crippen LogP contribution in [0.15, 0.2) is 46.6 Å². The third kappa shape index (κ3) is 3.32. The molecule has 1 fully saturated rings. The molecule has 3 aliphatic rings. The minimum Gasteiger partial charge on any atom is -0.485 e. The molecule has 2 aliphatic heterocycles. The normalized spacial score (nSPS) is 27.2. The molecule has 1 amide bonds. The third-order valence-electron chi connectivity index (χ3n) is 4.14. The van der Waals surface area contributed by atoms with Crippen molar-refractivity contribution in [3.63, 3.8) is 0 Å². The highest BCUT2D eigenvalue weighted by Crippen LogP contribution is 2.38. The summed E-state index contributed by atoms with van der Waals surface area (Å²) in [6.45, 7) is 2.33. The van der Waals surface area contributed by atoms with Gasteiger partial charge >= 0.3 is 5.97 Å². The maximum Gasteiger partial charge on any atom is 0.303 e. The highest BCUT2D eigenvalue weighted by molar-refractivity contribution is 8.26. The fourth-order valence-electron chi connectivity index (χ4n) is 2.84. The topological polar surface area (TPSA) is 66.8 Å². The van der Waals surface area contributed by atoms with Gasteiger partial charge < -0.3 is 9.84 Å². The van der Waals surface area contributed by atoms with Crippen LogP contribution in [0.1, 0.15) is 19.8 Å². The number of carboxylic acids is 1. The van der Waals surface area contributed by atoms with Gasteiger partial charge in [0.2, 0.25) is 0 Å². The van der Waals surface area contributed by atoms with E-state index in [4.69, 9.17) is 22.1 Å². The molecule has 1 aliphatic carbocycles. The van der Waals surface area contributed by atoms with Gasteiger partial charge in [-0.3, -0.25) is 14.5 Å². The Kier molecular flexibility index (Phi) is 4.91. The minimum absolute atomic E-state index is 0.0121. The molecule has 0 aromatic carbocycles. The Balaban J connectivity index is 1.72. The number of carboxylic acid groups (broad SMARTS) is 1. The lowest BCUT2D eigenvalue weighted by Gasteiger charge is -2.15. The van der Waals surface area contributed by atoms with Gasteiger partial charge in [-0.1, -0.05) is 42.2 Å². The monoisotopic (exact) mass is 363 g/mol. The number of carbonyl (C=O) groups excluding carboxylic acids is 1. The molecule has 0 saturated carbocycles. The van der Waals surface area contributed by atoms with Crippen molar-refractivity contribution in [2.75, 3.05) is 6.54 Å². The maximum absolute atomic E-state index is 12.5. The Morgan fingerprint density at radius 2 is 2.21 bits per heavy atom. The van der Waals surface area contributed by atoms with Gasteiger partial charge in [0.1, 0.15) is 16.2 Å². The van der Waals surface area contributed by atoms with Crippen LogP contribution in [-0.4, -0.2) is 38.9 Å². The van der Waals surface area contributed by atoms with Crippen LogP contribution in [0.4, 0.5) is 0 Å². The SMILES string of the molecule is CC1=C(/C=C2/SC(=S)N(CCCC(=O)O)C2=O)OC2C=CC=CC12. The lowest BCUT2D eigenvalue weighted by Crippen LogP contribution is -2.29. The van der Waals surface area contributed by atoms with E-state index in [-0.39, 0.29) is 24.3 Å². The Labute approximate surface area is 149 Å². The lowest BCUT2D eigenvalue weighted by molar-refractivity contribution is -0.137. The number of ether oxygens (including phenoxy) is 1. The quantitative estimate of drug-likeness (QED) is 0.598. The van der Waals surface area contributed by atoms with Crippen molar-refractivity contribution in [3.8, 4) is 0 Å². The second-order valence-corrected chi connectivity index (χ2v) is 7.43. The van der Waals surface area contributed by atoms with Crippen LogP contribution in [0.2, 0.25) is 0 Å². The van der Waals surface area contributed by atoms with Gasteiger partial charge in [0.15, 0.2) is 0 Å². The standard InChI is InChI=1S/C17H17NO4S2/c1-10-11-5-2-3-6-12(11)22-13(10)9-14-16(21)18(17(23)24-14)8-4-7-15(19)20/h2-3,5-6,9,11-12H,4,7-8H2,1H3,(H,19,20)/b14-9+. The maximum atomic E-state index is 12.5. The minimum atomic E-state index is -0.875. The summed E-state index contributed by atoms with van der Waals surface area (Å²) < 4.78 is 6.39. The first-order valence-corrected chi connectivity index (χ1v) is 8.89. The van der Waals surface area contributed by atoms with Crippen LogP contribution in [-0.2, 0) is 14.3 Å². The number of rotatable bonds is 5. The Bertz CT molecular complexity index is 720. The smallest absolute Gasteiger partial charge is 0.303 e. The van der Waals surface area contributed by atoms with Crippen molar-refractivity contribution >= 4 is 40.2 Å². The fraction of sp³-hybridized carbons (Fsp3) is 0.353. The molecule has 0 spiro atoms. The van der Waals surface area contributed by atoms with Crippen molar-refractivity contribution in [1.82, 2.24) is 4.90 Å². The fourth-order valence-corrected chi connectivity index (χ4v) is 4.12. The predicted molar refractivity (Wildman–Crippen MR) is 96.2 cm³/mol. The van der Waals surface area contributed by atoms with E-state index in [2.05, 4.69) is 6.08 Å². The van der Waals surface area contributed by atoms with Gasteiger partial charge in [-0.2, -0.15) is 0 Å². The summed E-state index contributed by atoms with van der Waals surface area (Å²) in [6.07, 6.45) is 10.2. The number of hydrogen-bond acceptors (Lipinski definition) is 5. The molecule has 7 heteroatoms. The lowest BCUT2D eigenvalue weighted by atomic mass is 9.92. The average Bonchev–Trinajstić information content (AvgIpc) is 2.99. The first-order valence-electron chi connectivity index (χ1n) is 7.67. The van der Waals surface area contributed by atoms with Gasteiger partial charge in [-0.25, -0.2) is 0 Å². The van der Waals surface area contributed by atoms with Crippen molar-refractivity contribution in [2.45, 2.75) is 25.9 Å². The molecule has 2 heterocycles. The molecule has 24 heavy (non-hydrogen) atoms. The van der Waals surface area contributed by atoms with Crippen LogP contribution < -0.4 is 0 Å². The summed E-state index contributed by atoms with van der Waals surface area (Å²) in [7, 11) is 0. The second kappa shape index (κ2) is 6.94. The van der Waals surface area contributed by atoms with E-state index in [0.717, 1.165) is 5.57 Å². The Morgan fingerprint density at radius 1 is 1.46 bits per heavy atom. The van der Waals surface area contributed by atoms with Crippen LogP contribution in [0.25, 0.3) is 0 Å². The molecule has 126 valence electrons. The van der Waals surface area contributed by atoms with Crippen LogP contribution in [0.3, 0.4) is 0 Å². The molecular formula is C17H17NO4S2. The van der Waals surface area contributed by atoms with E-state index in [0.29, 0.717) is 28.0 Å². The van der Waals surface area contributed by atoms with E-state index in [1.54, 1.807) is 6.08 Å². The predicted octanol–water partition coefficient (Wildman–Crippen LogP) is 3.01. The number of fused-ring (bicyclic) bond motifs is 1. The molecule has 0 radical (unpaired) electrons. The van der Waals surface area contributed by atoms with Gasteiger partial charge in [-0.05, 0) is 31.1 Å². The second-order valence-electron chi connectivity index (χ2n) is 5.76. The first kappa shape index (κ1) is 17.0. The number of thiocarbonyl (C=S) groups is 1.